The Balaban J connectivity index is 1.34. The maximum absolute atomic E-state index is 13.2. The number of rotatable bonds is 2. The molecule has 0 bridgehead atoms. The molecule has 30 heavy (non-hydrogen) atoms. The van der Waals surface area contributed by atoms with E-state index in [-0.39, 0.29) is 11.5 Å². The van der Waals surface area contributed by atoms with Crippen molar-refractivity contribution in [3.8, 4) is 0 Å². The lowest BCUT2D eigenvalue weighted by Crippen LogP contribution is -2.42. The first-order chi connectivity index (χ1) is 14.3. The molecule has 0 aromatic carbocycles. The van der Waals surface area contributed by atoms with Crippen molar-refractivity contribution in [2.75, 3.05) is 31.1 Å². The molecule has 2 fully saturated rings. The Morgan fingerprint density at radius 1 is 1.20 bits per heavy atom. The number of hydrogen-bond acceptors (Lipinski definition) is 5. The third-order valence-corrected chi connectivity index (χ3v) is 7.32. The van der Waals surface area contributed by atoms with Crippen LogP contribution in [0.25, 0.3) is 0 Å². The van der Waals surface area contributed by atoms with Crippen LogP contribution in [0.4, 0.5) is 5.82 Å². The first-order valence-electron chi connectivity index (χ1n) is 11.2. The number of oxime groups is 1. The van der Waals surface area contributed by atoms with Crippen molar-refractivity contribution >= 4 is 29.0 Å². The smallest absolute Gasteiger partial charge is 0.271 e. The molecule has 3 heterocycles. The largest absolute Gasteiger partial charge is 0.388 e. The fourth-order valence-corrected chi connectivity index (χ4v) is 5.28. The number of hydrogen-bond donors (Lipinski definition) is 0. The summed E-state index contributed by atoms with van der Waals surface area (Å²) in [4.78, 5) is 27.6. The average Bonchev–Trinajstić information content (AvgIpc) is 2.96. The van der Waals surface area contributed by atoms with Crippen LogP contribution < -0.4 is 4.90 Å². The summed E-state index contributed by atoms with van der Waals surface area (Å²) in [5, 5.41) is 4.93. The first-order valence-corrected chi connectivity index (χ1v) is 11.6. The van der Waals surface area contributed by atoms with Gasteiger partial charge in [-0.2, -0.15) is 0 Å². The molecule has 1 saturated heterocycles. The number of amides is 1. The van der Waals surface area contributed by atoms with Crippen LogP contribution in [0.3, 0.4) is 0 Å². The molecule has 1 aliphatic carbocycles. The molecular weight excluding hydrogens is 400 g/mol. The first kappa shape index (κ1) is 21.4. The van der Waals surface area contributed by atoms with E-state index in [0.29, 0.717) is 35.0 Å². The van der Waals surface area contributed by atoms with Crippen LogP contribution in [-0.4, -0.2) is 53.3 Å². The summed E-state index contributed by atoms with van der Waals surface area (Å²) in [6.45, 7) is 9.87. The van der Waals surface area contributed by atoms with Gasteiger partial charge in [0.05, 0.1) is 5.02 Å². The van der Waals surface area contributed by atoms with Gasteiger partial charge >= 0.3 is 0 Å². The highest BCUT2D eigenvalue weighted by molar-refractivity contribution is 6.39. The fourth-order valence-electron chi connectivity index (χ4n) is 5.04. The van der Waals surface area contributed by atoms with Gasteiger partial charge < -0.3 is 14.6 Å². The van der Waals surface area contributed by atoms with Crippen LogP contribution in [0, 0.1) is 11.3 Å². The highest BCUT2D eigenvalue weighted by atomic mass is 35.5. The van der Waals surface area contributed by atoms with Crippen LogP contribution in [0.5, 0.6) is 0 Å². The summed E-state index contributed by atoms with van der Waals surface area (Å²) in [5.41, 5.74) is 0.661. The molecule has 1 aromatic rings. The molecule has 1 amide bonds. The van der Waals surface area contributed by atoms with E-state index in [2.05, 4.69) is 35.8 Å². The molecule has 0 radical (unpaired) electrons. The molecule has 0 unspecified atom stereocenters. The minimum Gasteiger partial charge on any atom is -0.388 e. The second-order valence-electron chi connectivity index (χ2n) is 10.1. The van der Waals surface area contributed by atoms with E-state index in [1.54, 1.807) is 6.20 Å². The zero-order chi connectivity index (χ0) is 21.4. The second-order valence-corrected chi connectivity index (χ2v) is 10.5. The summed E-state index contributed by atoms with van der Waals surface area (Å²) in [7, 11) is 0. The Labute approximate surface area is 184 Å². The number of pyridine rings is 1. The van der Waals surface area contributed by atoms with Crippen LogP contribution in [0.1, 0.15) is 59.3 Å². The summed E-state index contributed by atoms with van der Waals surface area (Å²) in [6, 6.07) is 3.69. The molecule has 3 aliphatic rings. The summed E-state index contributed by atoms with van der Waals surface area (Å²) in [5.74, 6) is 1.53. The minimum atomic E-state index is -0.258. The monoisotopic (exact) mass is 432 g/mol. The van der Waals surface area contributed by atoms with Crippen molar-refractivity contribution in [1.29, 1.82) is 0 Å². The predicted octanol–water partition coefficient (Wildman–Crippen LogP) is 4.53. The van der Waals surface area contributed by atoms with Crippen molar-refractivity contribution in [3.05, 3.63) is 23.4 Å². The Bertz CT molecular complexity index is 812. The zero-order valence-electron chi connectivity index (χ0n) is 18.4. The normalized spacial score (nSPS) is 27.6. The topological polar surface area (TPSA) is 58.0 Å². The highest BCUT2D eigenvalue weighted by Gasteiger charge is 2.46. The van der Waals surface area contributed by atoms with Gasteiger partial charge in [-0.3, -0.25) is 4.79 Å². The standard InChI is InChI=1S/C23H33ClN4O2/c1-22(2,3)17-7-9-23(10-8-17)16-19(26-30-23)21(29)28-13-5-12-27(14-15-28)20-18(24)6-4-11-25-20/h4,6,11,17H,5,7-10,12-16H2,1-3H3/t17-,23+. The summed E-state index contributed by atoms with van der Waals surface area (Å²) >= 11 is 6.31. The fraction of sp³-hybridized carbons (Fsp3) is 0.696. The molecule has 0 N–H and O–H groups in total. The molecule has 164 valence electrons. The molecule has 0 atom stereocenters. The lowest BCUT2D eigenvalue weighted by molar-refractivity contribution is -0.124. The van der Waals surface area contributed by atoms with Crippen molar-refractivity contribution in [2.45, 2.75) is 64.9 Å². The highest BCUT2D eigenvalue weighted by Crippen LogP contribution is 2.46. The summed E-state index contributed by atoms with van der Waals surface area (Å²) < 4.78 is 0. The molecular formula is C23H33ClN4O2. The van der Waals surface area contributed by atoms with Gasteiger partial charge in [-0.15, -0.1) is 0 Å². The SMILES string of the molecule is CC(C)(C)[C@H]1CC[C@@]2(CC1)CC(C(=O)N1CCCN(c3ncccc3Cl)CC1)=NO2. The van der Waals surface area contributed by atoms with Crippen molar-refractivity contribution in [1.82, 2.24) is 9.88 Å². The van der Waals surface area contributed by atoms with Gasteiger partial charge in [0, 0.05) is 38.8 Å². The molecule has 2 aliphatic heterocycles. The molecule has 1 saturated carbocycles. The van der Waals surface area contributed by atoms with Crippen molar-refractivity contribution in [2.24, 2.45) is 16.5 Å². The number of carbonyl (C=O) groups excluding carboxylic acids is 1. The quantitative estimate of drug-likeness (QED) is 0.689. The van der Waals surface area contributed by atoms with E-state index in [1.165, 1.54) is 0 Å². The molecule has 7 heteroatoms. The Morgan fingerprint density at radius 3 is 2.67 bits per heavy atom. The van der Waals surface area contributed by atoms with Gasteiger partial charge in [0.15, 0.2) is 0 Å². The van der Waals surface area contributed by atoms with Crippen molar-refractivity contribution in [3.63, 3.8) is 0 Å². The number of anilines is 1. The maximum atomic E-state index is 13.2. The van der Waals surface area contributed by atoms with Gasteiger partial charge in [-0.05, 0) is 55.6 Å². The third-order valence-electron chi connectivity index (χ3n) is 7.03. The predicted molar refractivity (Wildman–Crippen MR) is 120 cm³/mol. The number of carbonyl (C=O) groups is 1. The minimum absolute atomic E-state index is 0.0267. The van der Waals surface area contributed by atoms with Crippen LogP contribution in [-0.2, 0) is 9.63 Å². The molecule has 1 aromatic heterocycles. The number of halogens is 1. The van der Waals surface area contributed by atoms with Crippen LogP contribution in [0.2, 0.25) is 5.02 Å². The van der Waals surface area contributed by atoms with E-state index in [4.69, 9.17) is 16.4 Å². The Hall–Kier alpha value is -1.82. The maximum Gasteiger partial charge on any atom is 0.271 e. The summed E-state index contributed by atoms with van der Waals surface area (Å²) in [6.07, 6.45) is 7.55. The third kappa shape index (κ3) is 4.43. The van der Waals surface area contributed by atoms with Gasteiger partial charge in [0.25, 0.3) is 5.91 Å². The van der Waals surface area contributed by atoms with Gasteiger partial charge in [0.1, 0.15) is 17.1 Å². The van der Waals surface area contributed by atoms with E-state index in [1.807, 2.05) is 17.0 Å². The van der Waals surface area contributed by atoms with E-state index in [9.17, 15) is 4.79 Å². The Morgan fingerprint density at radius 2 is 1.97 bits per heavy atom. The zero-order valence-corrected chi connectivity index (χ0v) is 19.1. The Kier molecular flexibility index (Phi) is 5.97. The lowest BCUT2D eigenvalue weighted by atomic mass is 9.67. The molecule has 6 nitrogen and oxygen atoms in total. The van der Waals surface area contributed by atoms with E-state index >= 15 is 0 Å². The number of aromatic nitrogens is 1. The average molecular weight is 433 g/mol. The molecule has 1 spiro atoms. The van der Waals surface area contributed by atoms with Gasteiger partial charge in [-0.25, -0.2) is 4.98 Å². The second kappa shape index (κ2) is 8.37. The number of nitrogens with zero attached hydrogens (tertiary/aromatic N) is 4. The van der Waals surface area contributed by atoms with Crippen LogP contribution in [0.15, 0.2) is 23.5 Å². The lowest BCUT2D eigenvalue weighted by Gasteiger charge is -2.40. The van der Waals surface area contributed by atoms with Crippen LogP contribution >= 0.6 is 11.6 Å². The van der Waals surface area contributed by atoms with Gasteiger partial charge in [0.2, 0.25) is 0 Å². The van der Waals surface area contributed by atoms with Gasteiger partial charge in [-0.1, -0.05) is 37.5 Å². The van der Waals surface area contributed by atoms with Crippen molar-refractivity contribution < 1.29 is 9.63 Å². The molecule has 4 rings (SSSR count). The van der Waals surface area contributed by atoms with E-state index in [0.717, 1.165) is 57.6 Å². The van der Waals surface area contributed by atoms with E-state index < -0.39 is 0 Å².